The van der Waals surface area contributed by atoms with Crippen molar-refractivity contribution in [3.8, 4) is 17.2 Å². The Morgan fingerprint density at radius 3 is 2.30 bits per heavy atom. The van der Waals surface area contributed by atoms with E-state index in [0.29, 0.717) is 46.7 Å². The molecule has 5 N–H and O–H groups in total. The molecule has 67 heavy (non-hydrogen) atoms. The van der Waals surface area contributed by atoms with Crippen LogP contribution in [0.3, 0.4) is 0 Å². The molecule has 3 aliphatic heterocycles. The molecule has 2 bridgehead atoms. The molecular formula is C51H52F3N5O8. The predicted molar refractivity (Wildman–Crippen MR) is 245 cm³/mol. The highest BCUT2D eigenvalue weighted by molar-refractivity contribution is 5.94. The number of hydrogen-bond acceptors (Lipinski definition) is 10. The molecule has 3 aliphatic rings. The van der Waals surface area contributed by atoms with Crippen LogP contribution in [-0.2, 0) is 17.9 Å². The summed E-state index contributed by atoms with van der Waals surface area (Å²) < 4.78 is 54.7. The Morgan fingerprint density at radius 1 is 0.851 bits per heavy atom. The number of H-pyrrole nitrogens is 1. The largest absolute Gasteiger partial charge is 0.573 e. The first kappa shape index (κ1) is 46.6. The van der Waals surface area contributed by atoms with Gasteiger partial charge in [0, 0.05) is 43.2 Å². The zero-order chi connectivity index (χ0) is 46.9. The second-order valence-electron chi connectivity index (χ2n) is 16.9. The van der Waals surface area contributed by atoms with Crippen LogP contribution >= 0.6 is 0 Å². The van der Waals surface area contributed by atoms with Crippen LogP contribution in [0.4, 0.5) is 18.0 Å². The number of pyridine rings is 1. The summed E-state index contributed by atoms with van der Waals surface area (Å²) in [6.07, 6.45) is -3.89. The molecule has 13 nitrogen and oxygen atoms in total. The fourth-order valence-electron chi connectivity index (χ4n) is 8.78. The second-order valence-corrected chi connectivity index (χ2v) is 16.9. The molecular weight excluding hydrogens is 868 g/mol. The molecule has 9 rings (SSSR count). The molecule has 5 aromatic carbocycles. The summed E-state index contributed by atoms with van der Waals surface area (Å²) in [6, 6.07) is 34.9. The van der Waals surface area contributed by atoms with Crippen molar-refractivity contribution in [2.75, 3.05) is 39.3 Å². The van der Waals surface area contributed by atoms with Crippen molar-refractivity contribution in [1.29, 1.82) is 0 Å². The summed E-state index contributed by atoms with van der Waals surface area (Å²) in [5.41, 5.74) is 3.83. The van der Waals surface area contributed by atoms with Gasteiger partial charge in [-0.15, -0.1) is 13.2 Å². The van der Waals surface area contributed by atoms with E-state index in [1.807, 2.05) is 54.6 Å². The molecule has 3 fully saturated rings. The van der Waals surface area contributed by atoms with Crippen molar-refractivity contribution in [2.45, 2.75) is 57.0 Å². The van der Waals surface area contributed by atoms with Gasteiger partial charge in [-0.2, -0.15) is 0 Å². The quantitative estimate of drug-likeness (QED) is 0.0534. The molecule has 4 heterocycles. The number of hydrogen-bond donors (Lipinski definition) is 5. The van der Waals surface area contributed by atoms with Crippen LogP contribution in [0.25, 0.3) is 10.9 Å². The lowest BCUT2D eigenvalue weighted by Gasteiger charge is -2.43. The molecule has 2 unspecified atom stereocenters. The van der Waals surface area contributed by atoms with Gasteiger partial charge >= 0.3 is 12.5 Å². The van der Waals surface area contributed by atoms with E-state index < -0.39 is 24.6 Å². The maximum absolute atomic E-state index is 14.0. The minimum absolute atomic E-state index is 0.100. The number of carbonyl (C=O) groups is 2. The Balaban J connectivity index is 0.896. The third kappa shape index (κ3) is 12.3. The number of phenolic OH excluding ortho intramolecular Hbond substituents is 1. The minimum atomic E-state index is -4.84. The van der Waals surface area contributed by atoms with E-state index in [1.165, 1.54) is 42.5 Å². The Morgan fingerprint density at radius 2 is 1.58 bits per heavy atom. The van der Waals surface area contributed by atoms with E-state index in [0.717, 1.165) is 49.2 Å². The number of fused-ring (bicyclic) bond motifs is 4. The topological polar surface area (TPSA) is 166 Å². The van der Waals surface area contributed by atoms with Gasteiger partial charge in [-0.3, -0.25) is 14.5 Å². The maximum atomic E-state index is 14.0. The van der Waals surface area contributed by atoms with Crippen LogP contribution in [0.2, 0.25) is 0 Å². The Kier molecular flexibility index (Phi) is 14.7. The number of nitrogens with one attached hydrogen (secondary N) is 3. The number of piperidine rings is 3. The van der Waals surface area contributed by atoms with Gasteiger partial charge in [0.25, 0.3) is 5.91 Å². The van der Waals surface area contributed by atoms with Crippen LogP contribution in [0.15, 0.2) is 132 Å². The minimum Gasteiger partial charge on any atom is -0.506 e. The average molecular weight is 920 g/mol. The van der Waals surface area contributed by atoms with Crippen molar-refractivity contribution in [2.24, 2.45) is 5.92 Å². The number of ether oxygens (including phenoxy) is 3. The summed E-state index contributed by atoms with van der Waals surface area (Å²) in [6.45, 7) is 3.94. The molecule has 0 spiro atoms. The Labute approximate surface area is 385 Å². The average Bonchev–Trinajstić information content (AvgIpc) is 3.33. The SMILES string of the molecule is O=C(N[C@@H](c1ccccc1)c1cccc(OCc2ccc(C(=O)N(CCCNCC(O)c3ccc(O)c4[nH]c(=O)ccc34)Cc3ccc(OC(F)(F)F)cc3)cc2)c1)OC1CN2CCC1CC2. The van der Waals surface area contributed by atoms with Crippen LogP contribution in [0.1, 0.15) is 69.6 Å². The number of aliphatic hydroxyl groups excluding tert-OH is 1. The van der Waals surface area contributed by atoms with Gasteiger partial charge in [-0.05, 0) is 121 Å². The number of amides is 2. The highest BCUT2D eigenvalue weighted by atomic mass is 19.4. The summed E-state index contributed by atoms with van der Waals surface area (Å²) in [4.78, 5) is 45.7. The highest BCUT2D eigenvalue weighted by Gasteiger charge is 2.37. The van der Waals surface area contributed by atoms with Gasteiger partial charge in [0.05, 0.1) is 17.7 Å². The molecule has 1 aromatic heterocycles. The van der Waals surface area contributed by atoms with E-state index in [-0.39, 0.29) is 60.8 Å². The first-order chi connectivity index (χ1) is 32.3. The van der Waals surface area contributed by atoms with Gasteiger partial charge in [-0.25, -0.2) is 4.79 Å². The fourth-order valence-corrected chi connectivity index (χ4v) is 8.78. The van der Waals surface area contributed by atoms with E-state index in [9.17, 15) is 37.8 Å². The molecule has 3 saturated heterocycles. The lowest BCUT2D eigenvalue weighted by Crippen LogP contribution is -2.52. The highest BCUT2D eigenvalue weighted by Crippen LogP contribution is 2.32. The third-order valence-electron chi connectivity index (χ3n) is 12.3. The van der Waals surface area contributed by atoms with Crippen LogP contribution in [-0.4, -0.2) is 88.7 Å². The lowest BCUT2D eigenvalue weighted by atomic mass is 9.86. The number of nitrogens with zero attached hydrogens (tertiary/aromatic N) is 2. The van der Waals surface area contributed by atoms with Gasteiger partial charge in [-0.1, -0.05) is 72.8 Å². The maximum Gasteiger partial charge on any atom is 0.573 e. The molecule has 6 aromatic rings. The number of alkyl carbamates (subject to hydrolysis) is 1. The molecule has 0 aliphatic carbocycles. The van der Waals surface area contributed by atoms with Crippen molar-refractivity contribution in [3.05, 3.63) is 171 Å². The standard InChI is InChI=1S/C51H52F3N5O8/c52-51(53,54)67-39-16-12-33(13-17-39)30-59(25-5-24-55-29-44(61)41-18-20-43(60)48-42(41)19-21-46(62)56-48)49(63)37-14-10-34(11-15-37)32-65-40-9-4-8-38(28-40)47(36-6-2-1-3-7-36)57-50(64)66-45-31-58-26-22-35(45)23-27-58/h1-4,6-21,28,35,44-45,47,55,60-61H,5,22-27,29-32H2,(H,56,62)(H,57,64)/t44?,45?,47-/m0/s1. The van der Waals surface area contributed by atoms with E-state index in [2.05, 4.69) is 25.3 Å². The van der Waals surface area contributed by atoms with E-state index in [4.69, 9.17) is 9.47 Å². The number of aromatic amines is 1. The summed E-state index contributed by atoms with van der Waals surface area (Å²) in [5.74, 6) is 0.171. The number of aromatic nitrogens is 1. The van der Waals surface area contributed by atoms with Crippen molar-refractivity contribution in [1.82, 2.24) is 25.4 Å². The van der Waals surface area contributed by atoms with Crippen molar-refractivity contribution in [3.63, 3.8) is 0 Å². The fraction of sp³-hybridized carbons (Fsp3) is 0.314. The molecule has 2 amide bonds. The number of phenols is 1. The zero-order valence-corrected chi connectivity index (χ0v) is 36.6. The number of aliphatic hydroxyl groups is 1. The van der Waals surface area contributed by atoms with Gasteiger partial charge in [0.15, 0.2) is 0 Å². The molecule has 0 radical (unpaired) electrons. The number of rotatable bonds is 18. The zero-order valence-electron chi connectivity index (χ0n) is 36.6. The van der Waals surface area contributed by atoms with Crippen LogP contribution in [0.5, 0.6) is 17.2 Å². The first-order valence-electron chi connectivity index (χ1n) is 22.3. The summed E-state index contributed by atoms with van der Waals surface area (Å²) >= 11 is 0. The first-order valence-corrected chi connectivity index (χ1v) is 22.3. The van der Waals surface area contributed by atoms with Crippen molar-refractivity contribution < 1.29 is 47.2 Å². The number of aromatic hydroxyl groups is 1. The molecule has 350 valence electrons. The summed E-state index contributed by atoms with van der Waals surface area (Å²) in [5, 5.41) is 28.0. The molecule has 16 heteroatoms. The number of carbonyl (C=O) groups excluding carboxylic acids is 2. The number of alkyl halides is 3. The number of benzene rings is 5. The monoisotopic (exact) mass is 919 g/mol. The lowest BCUT2D eigenvalue weighted by molar-refractivity contribution is -0.274. The second kappa shape index (κ2) is 21.2. The third-order valence-corrected chi connectivity index (χ3v) is 12.3. The Hall–Kier alpha value is -6.88. The smallest absolute Gasteiger partial charge is 0.506 e. The molecule has 3 atom stereocenters. The van der Waals surface area contributed by atoms with Gasteiger partial charge < -0.3 is 44.9 Å². The van der Waals surface area contributed by atoms with Gasteiger partial charge in [0.1, 0.15) is 30.0 Å². The Bertz CT molecular complexity index is 2680. The van der Waals surface area contributed by atoms with Gasteiger partial charge in [0.2, 0.25) is 5.56 Å². The summed E-state index contributed by atoms with van der Waals surface area (Å²) in [7, 11) is 0. The van der Waals surface area contributed by atoms with Crippen LogP contribution < -0.4 is 25.7 Å². The predicted octanol–water partition coefficient (Wildman–Crippen LogP) is 7.98. The van der Waals surface area contributed by atoms with Crippen LogP contribution in [0, 0.1) is 5.92 Å². The molecule has 0 saturated carbocycles. The van der Waals surface area contributed by atoms with Crippen molar-refractivity contribution >= 4 is 22.9 Å². The van der Waals surface area contributed by atoms with E-state index >= 15 is 0 Å². The normalized spacial score (nSPS) is 17.6. The number of halogens is 3. The van der Waals surface area contributed by atoms with E-state index in [1.54, 1.807) is 35.2 Å².